The van der Waals surface area contributed by atoms with Gasteiger partial charge in [-0.05, 0) is 54.8 Å². The van der Waals surface area contributed by atoms with E-state index in [1.807, 2.05) is 0 Å². The Morgan fingerprint density at radius 1 is 1.00 bits per heavy atom. The van der Waals surface area contributed by atoms with Gasteiger partial charge in [0.2, 0.25) is 11.8 Å². The third-order valence-corrected chi connectivity index (χ3v) is 11.4. The third-order valence-electron chi connectivity index (χ3n) is 7.59. The molecule has 0 radical (unpaired) electrons. The van der Waals surface area contributed by atoms with Crippen LogP contribution in [0.2, 0.25) is 0 Å². The highest BCUT2D eigenvalue weighted by molar-refractivity contribution is 7.92. The van der Waals surface area contributed by atoms with Gasteiger partial charge in [-0.15, -0.1) is 10.2 Å². The molecule has 4 aromatic rings. The van der Waals surface area contributed by atoms with E-state index in [1.54, 1.807) is 24.3 Å². The van der Waals surface area contributed by atoms with Crippen LogP contribution in [0.25, 0.3) is 22.6 Å². The summed E-state index contributed by atoms with van der Waals surface area (Å²) in [6.45, 7) is 2.44. The maximum atomic E-state index is 15.4. The normalized spacial score (nSPS) is 17.2. The first-order valence-electron chi connectivity index (χ1n) is 13.2. The van der Waals surface area contributed by atoms with Crippen molar-refractivity contribution in [3.8, 4) is 22.6 Å². The zero-order chi connectivity index (χ0) is 33.1. The van der Waals surface area contributed by atoms with Crippen molar-refractivity contribution in [1.29, 1.82) is 0 Å². The van der Waals surface area contributed by atoms with Crippen molar-refractivity contribution in [2.75, 3.05) is 16.9 Å². The number of anilines is 1. The Balaban J connectivity index is 1.54. The smallest absolute Gasteiger partial charge is 0.416 e. The van der Waals surface area contributed by atoms with Gasteiger partial charge in [0.1, 0.15) is 10.6 Å². The number of sulfone groups is 2. The third kappa shape index (κ3) is 6.09. The van der Waals surface area contributed by atoms with Crippen LogP contribution in [0.15, 0.2) is 70.0 Å². The Hall–Kier alpha value is -4.15. The van der Waals surface area contributed by atoms with Crippen molar-refractivity contribution < 1.29 is 43.6 Å². The highest BCUT2D eigenvalue weighted by atomic mass is 32.2. The van der Waals surface area contributed by atoms with Crippen molar-refractivity contribution in [3.63, 3.8) is 0 Å². The lowest BCUT2D eigenvalue weighted by Gasteiger charge is -2.25. The number of benzene rings is 3. The van der Waals surface area contributed by atoms with Crippen LogP contribution in [-0.4, -0.2) is 51.0 Å². The fourth-order valence-electron chi connectivity index (χ4n) is 4.62. The first-order valence-corrected chi connectivity index (χ1v) is 16.8. The second-order valence-corrected chi connectivity index (χ2v) is 15.6. The minimum atomic E-state index is -4.48. The standard InChI is InChI=1S/C29H26F4N4O6S2/c1-28(2,44(3,39)40)27-36-35-25(43-27)20-12-23-24(13-21(20)30)45(41,42)15-22(34)26(38)37(23)14-16-4-6-17(7-5-16)18-8-10-19(11-9-18)29(31,32)33/h4-13,22H,14-15,34H2,1-3H3/t22-/m0/s1. The number of fused-ring (bicyclic) bond motifs is 1. The second-order valence-electron chi connectivity index (χ2n) is 11.1. The summed E-state index contributed by atoms with van der Waals surface area (Å²) in [5.41, 5.74) is 6.17. The van der Waals surface area contributed by atoms with E-state index >= 15 is 4.39 Å². The number of rotatable bonds is 6. The molecule has 1 aliphatic heterocycles. The van der Waals surface area contributed by atoms with E-state index in [1.165, 1.54) is 26.0 Å². The summed E-state index contributed by atoms with van der Waals surface area (Å²) in [6.07, 6.45) is -3.51. The molecule has 0 aliphatic carbocycles. The first kappa shape index (κ1) is 32.2. The van der Waals surface area contributed by atoms with E-state index < -0.39 is 70.5 Å². The van der Waals surface area contributed by atoms with Gasteiger partial charge in [0.15, 0.2) is 19.7 Å². The molecule has 0 unspecified atom stereocenters. The highest BCUT2D eigenvalue weighted by Crippen LogP contribution is 2.38. The summed E-state index contributed by atoms with van der Waals surface area (Å²) in [5, 5.41) is 7.53. The van der Waals surface area contributed by atoms with E-state index in [4.69, 9.17) is 10.2 Å². The number of nitrogens with two attached hydrogens (primary N) is 1. The number of nitrogens with zero attached hydrogens (tertiary/aromatic N) is 3. The predicted molar refractivity (Wildman–Crippen MR) is 156 cm³/mol. The lowest BCUT2D eigenvalue weighted by atomic mass is 10.0. The minimum absolute atomic E-state index is 0.205. The van der Waals surface area contributed by atoms with Crippen LogP contribution >= 0.6 is 0 Å². The van der Waals surface area contributed by atoms with Gasteiger partial charge in [0.05, 0.1) is 40.0 Å². The topological polar surface area (TPSA) is 154 Å². The SMILES string of the molecule is CC(C)(c1nnc(-c2cc3c(cc2F)S(=O)(=O)C[C@H](N)C(=O)N3Cc2ccc(-c3ccc(C(F)(F)F)cc3)cc2)o1)S(C)(=O)=O. The van der Waals surface area contributed by atoms with Gasteiger partial charge < -0.3 is 15.1 Å². The zero-order valence-corrected chi connectivity index (χ0v) is 25.6. The number of aromatic nitrogens is 2. The summed E-state index contributed by atoms with van der Waals surface area (Å²) >= 11 is 0. The molecule has 0 saturated heterocycles. The maximum Gasteiger partial charge on any atom is 0.416 e. The Kier molecular flexibility index (Phi) is 7.90. The van der Waals surface area contributed by atoms with Crippen LogP contribution in [0.4, 0.5) is 23.2 Å². The molecule has 1 amide bonds. The van der Waals surface area contributed by atoms with Crippen molar-refractivity contribution in [3.05, 3.63) is 83.5 Å². The average Bonchev–Trinajstić information content (AvgIpc) is 3.43. The van der Waals surface area contributed by atoms with Gasteiger partial charge in [0, 0.05) is 6.26 Å². The number of halogens is 4. The molecule has 0 bridgehead atoms. The second kappa shape index (κ2) is 11.0. The fourth-order valence-corrected chi connectivity index (χ4v) is 6.58. The van der Waals surface area contributed by atoms with Gasteiger partial charge in [-0.2, -0.15) is 13.2 Å². The summed E-state index contributed by atoms with van der Waals surface area (Å²) in [7, 11) is -7.99. The van der Waals surface area contributed by atoms with Gasteiger partial charge in [-0.1, -0.05) is 36.4 Å². The molecule has 0 saturated carbocycles. The molecular formula is C29H26F4N4O6S2. The Bertz CT molecular complexity index is 2010. The van der Waals surface area contributed by atoms with E-state index in [0.29, 0.717) is 16.7 Å². The monoisotopic (exact) mass is 666 g/mol. The lowest BCUT2D eigenvalue weighted by Crippen LogP contribution is -2.45. The number of amides is 1. The van der Waals surface area contributed by atoms with E-state index in [-0.39, 0.29) is 23.7 Å². The van der Waals surface area contributed by atoms with Crippen molar-refractivity contribution in [1.82, 2.24) is 10.2 Å². The first-order chi connectivity index (χ1) is 20.8. The molecule has 45 heavy (non-hydrogen) atoms. The number of hydrogen-bond donors (Lipinski definition) is 1. The average molecular weight is 667 g/mol. The van der Waals surface area contributed by atoms with E-state index in [0.717, 1.165) is 35.4 Å². The quantitative estimate of drug-likeness (QED) is 0.293. The van der Waals surface area contributed by atoms with Crippen LogP contribution in [0.5, 0.6) is 0 Å². The Morgan fingerprint density at radius 2 is 1.58 bits per heavy atom. The van der Waals surface area contributed by atoms with Crippen LogP contribution in [0.1, 0.15) is 30.9 Å². The summed E-state index contributed by atoms with van der Waals surface area (Å²) in [4.78, 5) is 14.0. The molecule has 238 valence electrons. The molecule has 0 spiro atoms. The van der Waals surface area contributed by atoms with Crippen LogP contribution in [-0.2, 0) is 41.9 Å². The number of hydrogen-bond acceptors (Lipinski definition) is 9. The minimum Gasteiger partial charge on any atom is -0.419 e. The Morgan fingerprint density at radius 3 is 2.13 bits per heavy atom. The maximum absolute atomic E-state index is 15.4. The molecule has 1 aromatic heterocycles. The summed E-state index contributed by atoms with van der Waals surface area (Å²) < 4.78 is 109. The molecule has 1 atom stereocenters. The van der Waals surface area contributed by atoms with Crippen LogP contribution < -0.4 is 10.6 Å². The molecule has 0 fully saturated rings. The van der Waals surface area contributed by atoms with Gasteiger partial charge >= 0.3 is 6.18 Å². The number of carbonyl (C=O) groups is 1. The zero-order valence-electron chi connectivity index (χ0n) is 24.0. The van der Waals surface area contributed by atoms with Gasteiger partial charge in [0.25, 0.3) is 5.89 Å². The molecule has 5 rings (SSSR count). The van der Waals surface area contributed by atoms with Crippen LogP contribution in [0, 0.1) is 5.82 Å². The molecular weight excluding hydrogens is 640 g/mol. The molecule has 3 aromatic carbocycles. The van der Waals surface area contributed by atoms with Gasteiger partial charge in [-0.25, -0.2) is 21.2 Å². The molecule has 2 heterocycles. The van der Waals surface area contributed by atoms with E-state index in [9.17, 15) is 34.8 Å². The molecule has 1 aliphatic rings. The molecule has 16 heteroatoms. The number of alkyl halides is 3. The Labute approximate surface area is 255 Å². The largest absolute Gasteiger partial charge is 0.419 e. The van der Waals surface area contributed by atoms with Gasteiger partial charge in [-0.3, -0.25) is 4.79 Å². The number of carbonyl (C=O) groups excluding carboxylic acids is 1. The van der Waals surface area contributed by atoms with Crippen molar-refractivity contribution in [2.45, 2.75) is 42.3 Å². The van der Waals surface area contributed by atoms with Crippen molar-refractivity contribution >= 4 is 31.3 Å². The summed E-state index contributed by atoms with van der Waals surface area (Å²) in [5.74, 6) is -3.40. The fraction of sp³-hybridized carbons (Fsp3) is 0.276. The highest BCUT2D eigenvalue weighted by Gasteiger charge is 2.40. The molecule has 2 N–H and O–H groups in total. The van der Waals surface area contributed by atoms with Crippen LogP contribution in [0.3, 0.4) is 0 Å². The predicted octanol–water partition coefficient (Wildman–Crippen LogP) is 4.49. The lowest BCUT2D eigenvalue weighted by molar-refractivity contribution is -0.137. The molecule has 10 nitrogen and oxygen atoms in total. The summed E-state index contributed by atoms with van der Waals surface area (Å²) in [6, 6.07) is 11.3. The van der Waals surface area contributed by atoms with E-state index in [2.05, 4.69) is 10.2 Å². The van der Waals surface area contributed by atoms with Crippen molar-refractivity contribution in [2.24, 2.45) is 5.73 Å².